The van der Waals surface area contributed by atoms with Crippen LogP contribution in [0.5, 0.6) is 0 Å². The molecule has 94 valence electrons. The summed E-state index contributed by atoms with van der Waals surface area (Å²) in [4.78, 5) is 7.02. The third-order valence-corrected chi connectivity index (χ3v) is 3.58. The first kappa shape index (κ1) is 12.4. The Balaban J connectivity index is 1.94. The SMILES string of the molecule is CCNc1cccc(CN(C)C(C)C2CC2)n1. The second kappa shape index (κ2) is 5.50. The topological polar surface area (TPSA) is 28.2 Å². The summed E-state index contributed by atoms with van der Waals surface area (Å²) >= 11 is 0. The molecule has 2 rings (SSSR count). The second-order valence-electron chi connectivity index (χ2n) is 5.04. The summed E-state index contributed by atoms with van der Waals surface area (Å²) in [7, 11) is 2.20. The zero-order valence-corrected chi connectivity index (χ0v) is 11.1. The van der Waals surface area contributed by atoms with Crippen LogP contribution in [0, 0.1) is 5.92 Å². The zero-order valence-electron chi connectivity index (χ0n) is 11.1. The quantitative estimate of drug-likeness (QED) is 0.819. The van der Waals surface area contributed by atoms with Crippen LogP contribution in [0.15, 0.2) is 18.2 Å². The van der Waals surface area contributed by atoms with E-state index >= 15 is 0 Å². The van der Waals surface area contributed by atoms with E-state index in [1.54, 1.807) is 0 Å². The van der Waals surface area contributed by atoms with Gasteiger partial charge >= 0.3 is 0 Å². The molecule has 0 bridgehead atoms. The van der Waals surface area contributed by atoms with Gasteiger partial charge in [-0.1, -0.05) is 6.07 Å². The van der Waals surface area contributed by atoms with E-state index in [1.807, 2.05) is 6.07 Å². The minimum Gasteiger partial charge on any atom is -0.370 e. The summed E-state index contributed by atoms with van der Waals surface area (Å²) in [5, 5.41) is 3.26. The standard InChI is InChI=1S/C14H23N3/c1-4-15-14-7-5-6-13(16-14)10-17(3)11(2)12-8-9-12/h5-7,11-12H,4,8-10H2,1-3H3,(H,15,16). The molecule has 0 aliphatic heterocycles. The molecule has 3 heteroatoms. The van der Waals surface area contributed by atoms with E-state index in [9.17, 15) is 0 Å². The largest absolute Gasteiger partial charge is 0.370 e. The minimum absolute atomic E-state index is 0.680. The van der Waals surface area contributed by atoms with Crippen molar-refractivity contribution in [3.63, 3.8) is 0 Å². The van der Waals surface area contributed by atoms with E-state index in [0.29, 0.717) is 6.04 Å². The molecule has 1 saturated carbocycles. The molecular weight excluding hydrogens is 210 g/mol. The van der Waals surface area contributed by atoms with E-state index in [4.69, 9.17) is 0 Å². The monoisotopic (exact) mass is 233 g/mol. The lowest BCUT2D eigenvalue weighted by atomic mass is 10.2. The van der Waals surface area contributed by atoms with Crippen LogP contribution >= 0.6 is 0 Å². The van der Waals surface area contributed by atoms with Gasteiger partial charge in [0.25, 0.3) is 0 Å². The van der Waals surface area contributed by atoms with Crippen LogP contribution in [0.1, 0.15) is 32.4 Å². The maximum Gasteiger partial charge on any atom is 0.126 e. The Kier molecular flexibility index (Phi) is 4.00. The molecule has 1 aliphatic rings. The average Bonchev–Trinajstić information content (AvgIpc) is 3.13. The van der Waals surface area contributed by atoms with E-state index in [0.717, 1.165) is 30.5 Å². The minimum atomic E-state index is 0.680. The molecule has 1 aliphatic carbocycles. The van der Waals surface area contributed by atoms with Gasteiger partial charge in [-0.05, 0) is 51.8 Å². The van der Waals surface area contributed by atoms with Gasteiger partial charge in [-0.2, -0.15) is 0 Å². The average molecular weight is 233 g/mol. The molecule has 1 N–H and O–H groups in total. The molecule has 1 heterocycles. The molecule has 1 fully saturated rings. The molecule has 17 heavy (non-hydrogen) atoms. The molecule has 0 saturated heterocycles. The highest BCUT2D eigenvalue weighted by Gasteiger charge is 2.30. The van der Waals surface area contributed by atoms with Crippen LogP contribution in [0.2, 0.25) is 0 Å². The van der Waals surface area contributed by atoms with Gasteiger partial charge in [0, 0.05) is 19.1 Å². The summed E-state index contributed by atoms with van der Waals surface area (Å²) in [6, 6.07) is 6.89. The Hall–Kier alpha value is -1.09. The van der Waals surface area contributed by atoms with Crippen molar-refractivity contribution < 1.29 is 0 Å². The molecule has 1 aromatic rings. The van der Waals surface area contributed by atoms with Gasteiger partial charge in [-0.25, -0.2) is 4.98 Å². The molecule has 0 radical (unpaired) electrons. The maximum atomic E-state index is 4.61. The fourth-order valence-electron chi connectivity index (χ4n) is 2.19. The fraction of sp³-hybridized carbons (Fsp3) is 0.643. The van der Waals surface area contributed by atoms with Gasteiger partial charge in [0.1, 0.15) is 5.82 Å². The lowest BCUT2D eigenvalue weighted by Gasteiger charge is -2.24. The summed E-state index contributed by atoms with van der Waals surface area (Å²) < 4.78 is 0. The molecule has 3 nitrogen and oxygen atoms in total. The summed E-state index contributed by atoms with van der Waals surface area (Å²) in [5.41, 5.74) is 1.15. The van der Waals surface area contributed by atoms with Crippen LogP contribution < -0.4 is 5.32 Å². The van der Waals surface area contributed by atoms with Crippen molar-refractivity contribution in [2.24, 2.45) is 5.92 Å². The highest BCUT2D eigenvalue weighted by atomic mass is 15.1. The van der Waals surface area contributed by atoms with Gasteiger partial charge in [-0.3, -0.25) is 4.90 Å². The van der Waals surface area contributed by atoms with Crippen molar-refractivity contribution in [1.82, 2.24) is 9.88 Å². The Labute approximate surface area is 104 Å². The van der Waals surface area contributed by atoms with E-state index < -0.39 is 0 Å². The first-order valence-electron chi connectivity index (χ1n) is 6.60. The first-order valence-corrected chi connectivity index (χ1v) is 6.60. The zero-order chi connectivity index (χ0) is 12.3. The van der Waals surface area contributed by atoms with Crippen LogP contribution in [0.25, 0.3) is 0 Å². The Morgan fingerprint density at radius 3 is 2.88 bits per heavy atom. The van der Waals surface area contributed by atoms with Crippen molar-refractivity contribution in [3.05, 3.63) is 23.9 Å². The Morgan fingerprint density at radius 1 is 1.47 bits per heavy atom. The molecule has 0 amide bonds. The van der Waals surface area contributed by atoms with Crippen molar-refractivity contribution >= 4 is 5.82 Å². The number of hydrogen-bond donors (Lipinski definition) is 1. The highest BCUT2D eigenvalue weighted by molar-refractivity contribution is 5.34. The predicted octanol–water partition coefficient (Wildman–Crippen LogP) is 2.74. The smallest absolute Gasteiger partial charge is 0.126 e. The molecule has 0 aromatic carbocycles. The van der Waals surface area contributed by atoms with Crippen LogP contribution in [0.4, 0.5) is 5.82 Å². The van der Waals surface area contributed by atoms with Crippen LogP contribution in [-0.2, 0) is 6.54 Å². The van der Waals surface area contributed by atoms with E-state index in [-0.39, 0.29) is 0 Å². The van der Waals surface area contributed by atoms with Crippen molar-refractivity contribution in [1.29, 1.82) is 0 Å². The van der Waals surface area contributed by atoms with E-state index in [1.165, 1.54) is 12.8 Å². The van der Waals surface area contributed by atoms with Crippen molar-refractivity contribution in [3.8, 4) is 0 Å². The van der Waals surface area contributed by atoms with Crippen LogP contribution in [0.3, 0.4) is 0 Å². The second-order valence-corrected chi connectivity index (χ2v) is 5.04. The number of aromatic nitrogens is 1. The van der Waals surface area contributed by atoms with Gasteiger partial charge < -0.3 is 5.32 Å². The number of nitrogens with zero attached hydrogens (tertiary/aromatic N) is 2. The third kappa shape index (κ3) is 3.43. The number of anilines is 1. The van der Waals surface area contributed by atoms with Crippen LogP contribution in [-0.4, -0.2) is 29.5 Å². The summed E-state index contributed by atoms with van der Waals surface area (Å²) in [6.07, 6.45) is 2.80. The molecular formula is C14H23N3. The Morgan fingerprint density at radius 2 is 2.24 bits per heavy atom. The van der Waals surface area contributed by atoms with Gasteiger partial charge in [0.15, 0.2) is 0 Å². The van der Waals surface area contributed by atoms with Gasteiger partial charge in [0.2, 0.25) is 0 Å². The number of rotatable bonds is 6. The number of nitrogens with one attached hydrogen (secondary N) is 1. The number of pyridine rings is 1. The van der Waals surface area contributed by atoms with Crippen molar-refractivity contribution in [2.75, 3.05) is 18.9 Å². The van der Waals surface area contributed by atoms with Gasteiger partial charge in [0.05, 0.1) is 5.69 Å². The first-order chi connectivity index (χ1) is 8.20. The maximum absolute atomic E-state index is 4.61. The van der Waals surface area contributed by atoms with E-state index in [2.05, 4.69) is 48.2 Å². The fourth-order valence-corrected chi connectivity index (χ4v) is 2.19. The molecule has 1 unspecified atom stereocenters. The predicted molar refractivity (Wildman–Crippen MR) is 72.1 cm³/mol. The lowest BCUT2D eigenvalue weighted by Crippen LogP contribution is -2.30. The molecule has 1 atom stereocenters. The molecule has 1 aromatic heterocycles. The molecule has 0 spiro atoms. The normalized spacial score (nSPS) is 17.2. The Bertz CT molecular complexity index is 360. The summed E-state index contributed by atoms with van der Waals surface area (Å²) in [5.74, 6) is 1.90. The lowest BCUT2D eigenvalue weighted by molar-refractivity contribution is 0.224. The number of hydrogen-bond acceptors (Lipinski definition) is 3. The summed E-state index contributed by atoms with van der Waals surface area (Å²) in [6.45, 7) is 6.28. The highest BCUT2D eigenvalue weighted by Crippen LogP contribution is 2.34. The van der Waals surface area contributed by atoms with Gasteiger partial charge in [-0.15, -0.1) is 0 Å². The van der Waals surface area contributed by atoms with Crippen molar-refractivity contribution in [2.45, 2.75) is 39.3 Å². The third-order valence-electron chi connectivity index (χ3n) is 3.58.